The first-order valence-corrected chi connectivity index (χ1v) is 10.5. The quantitative estimate of drug-likeness (QED) is 0.269. The minimum Gasteiger partial charge on any atom is -0.492 e. The predicted molar refractivity (Wildman–Crippen MR) is 112 cm³/mol. The highest BCUT2D eigenvalue weighted by Gasteiger charge is 2.21. The number of rotatable bonds is 9. The highest BCUT2D eigenvalue weighted by molar-refractivity contribution is 9.09. The summed E-state index contributed by atoms with van der Waals surface area (Å²) in [4.78, 5) is 18.0. The number of carbonyl (C=O) groups excluding carboxylic acids is 1. The largest absolute Gasteiger partial charge is 0.492 e. The Morgan fingerprint density at radius 3 is 2.89 bits per heavy atom. The van der Waals surface area contributed by atoms with Gasteiger partial charge in [-0.15, -0.1) is 0 Å². The number of aryl methyl sites for hydroxylation is 1. The number of halogens is 1. The molecule has 2 heterocycles. The molecule has 3 rings (SSSR count). The molecule has 0 aliphatic rings. The molecule has 0 amide bonds. The Morgan fingerprint density at radius 1 is 1.29 bits per heavy atom. The SMILES string of the molecule is CCCCc1nc2ccccn2c1C(=O)c1ccc(OCCCBr)c(C#N)c1. The van der Waals surface area contributed by atoms with Crippen molar-refractivity contribution in [3.8, 4) is 11.8 Å². The number of nitriles is 1. The number of hydrogen-bond donors (Lipinski definition) is 0. The van der Waals surface area contributed by atoms with Crippen molar-refractivity contribution in [3.05, 3.63) is 65.1 Å². The smallest absolute Gasteiger partial charge is 0.211 e. The van der Waals surface area contributed by atoms with Crippen LogP contribution >= 0.6 is 15.9 Å². The number of unbranched alkanes of at least 4 members (excludes halogenated alkanes) is 1. The molecule has 0 N–H and O–H groups in total. The van der Waals surface area contributed by atoms with E-state index < -0.39 is 0 Å². The number of benzene rings is 1. The number of carbonyl (C=O) groups is 1. The third-order valence-corrected chi connectivity index (χ3v) is 5.04. The van der Waals surface area contributed by atoms with Crippen molar-refractivity contribution in [3.63, 3.8) is 0 Å². The number of pyridine rings is 1. The van der Waals surface area contributed by atoms with Gasteiger partial charge in [-0.2, -0.15) is 5.26 Å². The molecule has 0 atom stereocenters. The highest BCUT2D eigenvalue weighted by atomic mass is 79.9. The summed E-state index contributed by atoms with van der Waals surface area (Å²) >= 11 is 3.36. The van der Waals surface area contributed by atoms with Crippen LogP contribution in [0.15, 0.2) is 42.6 Å². The number of imidazole rings is 1. The van der Waals surface area contributed by atoms with Crippen LogP contribution in [0.25, 0.3) is 5.65 Å². The summed E-state index contributed by atoms with van der Waals surface area (Å²) in [5.74, 6) is 0.373. The van der Waals surface area contributed by atoms with Gasteiger partial charge in [-0.25, -0.2) is 4.98 Å². The zero-order valence-electron chi connectivity index (χ0n) is 15.8. The van der Waals surface area contributed by atoms with E-state index in [-0.39, 0.29) is 5.78 Å². The van der Waals surface area contributed by atoms with Gasteiger partial charge in [0.15, 0.2) is 0 Å². The highest BCUT2D eigenvalue weighted by Crippen LogP contribution is 2.24. The molecule has 2 aromatic heterocycles. The number of hydrogen-bond acceptors (Lipinski definition) is 4. The fourth-order valence-corrected chi connectivity index (χ4v) is 3.29. The van der Waals surface area contributed by atoms with Gasteiger partial charge in [-0.05, 0) is 49.6 Å². The maximum absolute atomic E-state index is 13.3. The number of fused-ring (bicyclic) bond motifs is 1. The van der Waals surface area contributed by atoms with Gasteiger partial charge in [0.2, 0.25) is 5.78 Å². The molecular formula is C22H22BrN3O2. The summed E-state index contributed by atoms with van der Waals surface area (Å²) in [7, 11) is 0. The zero-order valence-corrected chi connectivity index (χ0v) is 17.4. The third-order valence-electron chi connectivity index (χ3n) is 4.48. The van der Waals surface area contributed by atoms with Crippen molar-refractivity contribution in [2.24, 2.45) is 0 Å². The standard InChI is InChI=1S/C22H22BrN3O2/c1-2-3-7-18-21(26-12-5-4-8-20(26)25-18)22(27)16-9-10-19(17(14-16)15-24)28-13-6-11-23/h4-5,8-10,12,14H,2-3,6-7,11,13H2,1H3. The summed E-state index contributed by atoms with van der Waals surface area (Å²) in [6.07, 6.45) is 5.44. The molecule has 28 heavy (non-hydrogen) atoms. The molecule has 3 aromatic rings. The Morgan fingerprint density at radius 2 is 2.14 bits per heavy atom. The summed E-state index contributed by atoms with van der Waals surface area (Å²) in [6.45, 7) is 2.63. The van der Waals surface area contributed by atoms with Crippen LogP contribution in [0.4, 0.5) is 0 Å². The van der Waals surface area contributed by atoms with Crippen molar-refractivity contribution in [2.75, 3.05) is 11.9 Å². The number of aromatic nitrogens is 2. The molecule has 0 saturated heterocycles. The number of alkyl halides is 1. The maximum atomic E-state index is 13.3. The van der Waals surface area contributed by atoms with Crippen LogP contribution in [0.3, 0.4) is 0 Å². The molecule has 6 heteroatoms. The topological polar surface area (TPSA) is 67.4 Å². The molecule has 0 bridgehead atoms. The third kappa shape index (κ3) is 4.26. The summed E-state index contributed by atoms with van der Waals surface area (Å²) in [5, 5.41) is 10.3. The molecule has 1 aromatic carbocycles. The van der Waals surface area contributed by atoms with Crippen molar-refractivity contribution >= 4 is 27.4 Å². The fraction of sp³-hybridized carbons (Fsp3) is 0.318. The number of ether oxygens (including phenoxy) is 1. The molecular weight excluding hydrogens is 418 g/mol. The summed E-state index contributed by atoms with van der Waals surface area (Å²) in [6, 6.07) is 12.9. The van der Waals surface area contributed by atoms with Gasteiger partial charge in [0, 0.05) is 17.1 Å². The number of nitrogens with zero attached hydrogens (tertiary/aromatic N) is 3. The second kappa shape index (κ2) is 9.52. The van der Waals surface area contributed by atoms with Gasteiger partial charge in [0.25, 0.3) is 0 Å². The van der Waals surface area contributed by atoms with Crippen molar-refractivity contribution < 1.29 is 9.53 Å². The van der Waals surface area contributed by atoms with Gasteiger partial charge in [0.1, 0.15) is 23.2 Å². The first-order valence-electron chi connectivity index (χ1n) is 9.43. The van der Waals surface area contributed by atoms with Gasteiger partial charge < -0.3 is 4.74 Å². The van der Waals surface area contributed by atoms with Crippen molar-refractivity contribution in [1.29, 1.82) is 5.26 Å². The molecule has 0 saturated carbocycles. The minimum atomic E-state index is -0.131. The van der Waals surface area contributed by atoms with Gasteiger partial charge in [0.05, 0.1) is 17.9 Å². The fourth-order valence-electron chi connectivity index (χ4n) is 3.06. The first-order chi connectivity index (χ1) is 13.7. The molecule has 144 valence electrons. The lowest BCUT2D eigenvalue weighted by Gasteiger charge is -2.09. The van der Waals surface area contributed by atoms with Gasteiger partial charge >= 0.3 is 0 Å². The predicted octanol–water partition coefficient (Wildman–Crippen LogP) is 4.94. The van der Waals surface area contributed by atoms with E-state index in [4.69, 9.17) is 4.74 Å². The van der Waals surface area contributed by atoms with E-state index in [1.165, 1.54) is 0 Å². The van der Waals surface area contributed by atoms with Crippen LogP contribution in [0.1, 0.15) is 53.5 Å². The molecule has 0 fully saturated rings. The van der Waals surface area contributed by atoms with Crippen LogP contribution in [0, 0.1) is 11.3 Å². The van der Waals surface area contributed by atoms with Crippen molar-refractivity contribution in [1.82, 2.24) is 9.38 Å². The second-order valence-electron chi connectivity index (χ2n) is 6.48. The molecule has 0 aliphatic heterocycles. The Hall–Kier alpha value is -2.65. The summed E-state index contributed by atoms with van der Waals surface area (Å²) < 4.78 is 7.49. The Bertz CT molecular complexity index is 1020. The average Bonchev–Trinajstić information content (AvgIpc) is 3.10. The molecule has 5 nitrogen and oxygen atoms in total. The Balaban J connectivity index is 1.99. The van der Waals surface area contributed by atoms with Crippen molar-refractivity contribution in [2.45, 2.75) is 32.6 Å². The molecule has 0 radical (unpaired) electrons. The lowest BCUT2D eigenvalue weighted by molar-refractivity contribution is 0.103. The second-order valence-corrected chi connectivity index (χ2v) is 7.28. The van der Waals surface area contributed by atoms with E-state index in [0.29, 0.717) is 29.2 Å². The minimum absolute atomic E-state index is 0.131. The maximum Gasteiger partial charge on any atom is 0.211 e. The molecule has 0 aliphatic carbocycles. The zero-order chi connectivity index (χ0) is 19.9. The Kier molecular flexibility index (Phi) is 6.83. The van der Waals surface area contributed by atoms with E-state index in [9.17, 15) is 10.1 Å². The first kappa shape index (κ1) is 20.1. The van der Waals surface area contributed by atoms with E-state index >= 15 is 0 Å². The van der Waals surface area contributed by atoms with Crippen LogP contribution in [0.2, 0.25) is 0 Å². The van der Waals surface area contributed by atoms with E-state index in [2.05, 4.69) is 33.9 Å². The van der Waals surface area contributed by atoms with Gasteiger partial charge in [-0.3, -0.25) is 9.20 Å². The van der Waals surface area contributed by atoms with Crippen LogP contribution < -0.4 is 4.74 Å². The summed E-state index contributed by atoms with van der Waals surface area (Å²) in [5.41, 5.74) is 2.96. The number of ketones is 1. The Labute approximate surface area is 173 Å². The molecule has 0 unspecified atom stereocenters. The van der Waals surface area contributed by atoms with Crippen LogP contribution in [-0.2, 0) is 6.42 Å². The monoisotopic (exact) mass is 439 g/mol. The van der Waals surface area contributed by atoms with Crippen LogP contribution in [-0.4, -0.2) is 27.1 Å². The van der Waals surface area contributed by atoms with Gasteiger partial charge in [-0.1, -0.05) is 35.3 Å². The average molecular weight is 440 g/mol. The lowest BCUT2D eigenvalue weighted by Crippen LogP contribution is -2.09. The lowest BCUT2D eigenvalue weighted by atomic mass is 10.0. The van der Waals surface area contributed by atoms with Crippen LogP contribution in [0.5, 0.6) is 5.75 Å². The molecule has 0 spiro atoms. The normalized spacial score (nSPS) is 10.8. The van der Waals surface area contributed by atoms with E-state index in [0.717, 1.165) is 42.4 Å². The van der Waals surface area contributed by atoms with E-state index in [1.807, 2.05) is 28.8 Å². The van der Waals surface area contributed by atoms with E-state index in [1.54, 1.807) is 18.2 Å².